The summed E-state index contributed by atoms with van der Waals surface area (Å²) in [5, 5.41) is 8.32. The van der Waals surface area contributed by atoms with Gasteiger partial charge in [-0.15, -0.1) is 0 Å². The third-order valence-electron chi connectivity index (χ3n) is 4.92. The van der Waals surface area contributed by atoms with E-state index in [9.17, 15) is 9.59 Å². The molecule has 0 bridgehead atoms. The number of amides is 1. The van der Waals surface area contributed by atoms with E-state index >= 15 is 0 Å². The van der Waals surface area contributed by atoms with Crippen molar-refractivity contribution < 1.29 is 14.3 Å². The minimum atomic E-state index is -0.394. The van der Waals surface area contributed by atoms with Crippen molar-refractivity contribution in [1.82, 2.24) is 15.1 Å². The highest BCUT2D eigenvalue weighted by Gasteiger charge is 2.34. The molecule has 1 aliphatic heterocycles. The average Bonchev–Trinajstić information content (AvgIpc) is 3.00. The first-order chi connectivity index (χ1) is 12.2. The quantitative estimate of drug-likeness (QED) is 0.857. The molecule has 1 aromatic heterocycles. The number of ether oxygens (including phenoxy) is 1. The summed E-state index contributed by atoms with van der Waals surface area (Å²) in [7, 11) is 1.36. The van der Waals surface area contributed by atoms with Gasteiger partial charge in [0.15, 0.2) is 0 Å². The summed E-state index contributed by atoms with van der Waals surface area (Å²) in [6.07, 6.45) is 2.49. The molecule has 1 aromatic carbocycles. The number of H-pyrrole nitrogens is 1. The van der Waals surface area contributed by atoms with Crippen molar-refractivity contribution >= 4 is 22.8 Å². The van der Waals surface area contributed by atoms with Crippen molar-refractivity contribution in [2.24, 2.45) is 11.3 Å². The van der Waals surface area contributed by atoms with Crippen molar-refractivity contribution in [2.45, 2.75) is 47.1 Å². The van der Waals surface area contributed by atoms with E-state index < -0.39 is 5.92 Å². The zero-order valence-electron chi connectivity index (χ0n) is 16.2. The fourth-order valence-corrected chi connectivity index (χ4v) is 3.81. The van der Waals surface area contributed by atoms with Crippen LogP contribution in [-0.4, -0.2) is 40.6 Å². The van der Waals surface area contributed by atoms with E-state index in [0.717, 1.165) is 27.6 Å². The second kappa shape index (κ2) is 6.74. The van der Waals surface area contributed by atoms with Crippen LogP contribution in [0.3, 0.4) is 0 Å². The molecular weight excluding hydrogens is 330 g/mol. The molecule has 0 spiro atoms. The van der Waals surface area contributed by atoms with Crippen LogP contribution in [0.2, 0.25) is 0 Å². The van der Waals surface area contributed by atoms with Gasteiger partial charge >= 0.3 is 5.97 Å². The van der Waals surface area contributed by atoms with Crippen LogP contribution in [-0.2, 0) is 27.3 Å². The van der Waals surface area contributed by atoms with Crippen LogP contribution in [0, 0.1) is 18.3 Å². The number of fused-ring (bicyclic) bond motifs is 3. The van der Waals surface area contributed by atoms with Gasteiger partial charge in [0.2, 0.25) is 5.91 Å². The molecule has 0 radical (unpaired) electrons. The van der Waals surface area contributed by atoms with Crippen LogP contribution >= 0.6 is 0 Å². The lowest BCUT2D eigenvalue weighted by atomic mass is 9.91. The number of nitrogens with one attached hydrogen (secondary N) is 1. The molecule has 2 heterocycles. The number of rotatable bonds is 3. The summed E-state index contributed by atoms with van der Waals surface area (Å²) in [6, 6.07) is 2.12. The van der Waals surface area contributed by atoms with Crippen LogP contribution in [0.5, 0.6) is 0 Å². The van der Waals surface area contributed by atoms with Gasteiger partial charge < -0.3 is 9.64 Å². The van der Waals surface area contributed by atoms with Crippen LogP contribution in [0.25, 0.3) is 10.9 Å². The van der Waals surface area contributed by atoms with Gasteiger partial charge in [-0.3, -0.25) is 14.7 Å². The Morgan fingerprint density at radius 2 is 2.15 bits per heavy atom. The number of esters is 1. The Bertz CT molecular complexity index is 848. The van der Waals surface area contributed by atoms with Gasteiger partial charge in [-0.2, -0.15) is 5.10 Å². The molecular formula is C20H27N3O3. The maximum atomic E-state index is 13.2. The second-order valence-corrected chi connectivity index (χ2v) is 8.43. The first-order valence-electron chi connectivity index (χ1n) is 8.99. The Kier molecular flexibility index (Phi) is 4.78. The number of aromatic amines is 1. The molecule has 0 saturated carbocycles. The second-order valence-electron chi connectivity index (χ2n) is 8.43. The number of hydrogen-bond acceptors (Lipinski definition) is 4. The molecule has 140 valence electrons. The summed E-state index contributed by atoms with van der Waals surface area (Å²) < 4.78 is 4.82. The zero-order valence-corrected chi connectivity index (χ0v) is 16.2. The Morgan fingerprint density at radius 3 is 2.81 bits per heavy atom. The standard InChI is InChI=1S/C20H27N3O3/c1-12-6-13-7-14(8-17(24)26-5)19(25)23(11-20(2,3)4)10-16(13)15-9-21-22-18(12)15/h6,9,14H,7-8,10-11H2,1-5H3,(H,21,22). The van der Waals surface area contributed by atoms with E-state index in [2.05, 4.69) is 37.0 Å². The van der Waals surface area contributed by atoms with Gasteiger partial charge in [-0.05, 0) is 35.4 Å². The molecule has 26 heavy (non-hydrogen) atoms. The molecule has 3 rings (SSSR count). The van der Waals surface area contributed by atoms with Crippen molar-refractivity contribution in [3.63, 3.8) is 0 Å². The average molecular weight is 357 g/mol. The summed E-state index contributed by atoms with van der Waals surface area (Å²) in [6.45, 7) is 9.56. The number of methoxy groups -OCH3 is 1. The molecule has 0 aliphatic carbocycles. The van der Waals surface area contributed by atoms with E-state index in [1.165, 1.54) is 7.11 Å². The molecule has 6 nitrogen and oxygen atoms in total. The van der Waals surface area contributed by atoms with E-state index in [1.807, 2.05) is 18.0 Å². The summed E-state index contributed by atoms with van der Waals surface area (Å²) in [5.74, 6) is -0.714. The highest BCUT2D eigenvalue weighted by molar-refractivity contribution is 5.89. The van der Waals surface area contributed by atoms with Gasteiger partial charge in [-0.25, -0.2) is 0 Å². The number of benzene rings is 1. The van der Waals surface area contributed by atoms with Gasteiger partial charge in [0.05, 0.1) is 31.2 Å². The number of carbonyl (C=O) groups is 2. The van der Waals surface area contributed by atoms with E-state index in [0.29, 0.717) is 19.5 Å². The number of hydrogen-bond donors (Lipinski definition) is 1. The van der Waals surface area contributed by atoms with E-state index in [4.69, 9.17) is 4.74 Å². The number of aryl methyl sites for hydroxylation is 1. The maximum Gasteiger partial charge on any atom is 0.306 e. The van der Waals surface area contributed by atoms with Gasteiger partial charge in [0.25, 0.3) is 0 Å². The van der Waals surface area contributed by atoms with Crippen LogP contribution < -0.4 is 0 Å². The van der Waals surface area contributed by atoms with Gasteiger partial charge in [0, 0.05) is 18.5 Å². The lowest BCUT2D eigenvalue weighted by molar-refractivity contribution is -0.147. The van der Waals surface area contributed by atoms with Gasteiger partial charge in [-0.1, -0.05) is 26.8 Å². The van der Waals surface area contributed by atoms with Gasteiger partial charge in [0.1, 0.15) is 0 Å². The first kappa shape index (κ1) is 18.4. The molecule has 2 aromatic rings. The zero-order chi connectivity index (χ0) is 19.1. The van der Waals surface area contributed by atoms with Crippen molar-refractivity contribution in [3.8, 4) is 0 Å². The molecule has 1 atom stereocenters. The third-order valence-corrected chi connectivity index (χ3v) is 4.92. The lowest BCUT2D eigenvalue weighted by Gasteiger charge is -2.31. The first-order valence-corrected chi connectivity index (χ1v) is 8.99. The largest absolute Gasteiger partial charge is 0.469 e. The summed E-state index contributed by atoms with van der Waals surface area (Å²) in [5.41, 5.74) is 4.33. The Balaban J connectivity index is 2.08. The molecule has 6 heteroatoms. The van der Waals surface area contributed by atoms with Crippen LogP contribution in [0.15, 0.2) is 12.3 Å². The minimum absolute atomic E-state index is 0.0239. The van der Waals surface area contributed by atoms with E-state index in [-0.39, 0.29) is 23.7 Å². The van der Waals surface area contributed by atoms with Crippen LogP contribution in [0.4, 0.5) is 0 Å². The number of nitrogens with zero attached hydrogens (tertiary/aromatic N) is 2. The molecule has 1 unspecified atom stereocenters. The van der Waals surface area contributed by atoms with Crippen molar-refractivity contribution in [3.05, 3.63) is 29.0 Å². The minimum Gasteiger partial charge on any atom is -0.469 e. The number of carbonyl (C=O) groups excluding carboxylic acids is 2. The third kappa shape index (κ3) is 3.59. The summed E-state index contributed by atoms with van der Waals surface area (Å²) >= 11 is 0. The smallest absolute Gasteiger partial charge is 0.306 e. The SMILES string of the molecule is COC(=O)CC1Cc2cc(C)c3[nH]ncc3c2CN(CC(C)(C)C)C1=O. The summed E-state index contributed by atoms with van der Waals surface area (Å²) in [4.78, 5) is 27.0. The highest BCUT2D eigenvalue weighted by Crippen LogP contribution is 2.33. The fourth-order valence-electron chi connectivity index (χ4n) is 3.81. The van der Waals surface area contributed by atoms with Crippen LogP contribution in [0.1, 0.15) is 43.9 Å². The Morgan fingerprint density at radius 1 is 1.42 bits per heavy atom. The normalized spacial score (nSPS) is 18.0. The Labute approximate surface area is 153 Å². The monoisotopic (exact) mass is 357 g/mol. The van der Waals surface area contributed by atoms with Crippen molar-refractivity contribution in [1.29, 1.82) is 0 Å². The molecule has 1 amide bonds. The molecule has 1 N–H and O–H groups in total. The molecule has 0 saturated heterocycles. The fraction of sp³-hybridized carbons (Fsp3) is 0.550. The van der Waals surface area contributed by atoms with E-state index in [1.54, 1.807) is 0 Å². The van der Waals surface area contributed by atoms with Crippen molar-refractivity contribution in [2.75, 3.05) is 13.7 Å². The lowest BCUT2D eigenvalue weighted by Crippen LogP contribution is -2.40. The predicted molar refractivity (Wildman–Crippen MR) is 99.5 cm³/mol. The topological polar surface area (TPSA) is 75.3 Å². The highest BCUT2D eigenvalue weighted by atomic mass is 16.5. The Hall–Kier alpha value is -2.37. The molecule has 0 fully saturated rings. The molecule has 1 aliphatic rings. The predicted octanol–water partition coefficient (Wildman–Crippen LogP) is 2.98. The maximum absolute atomic E-state index is 13.2. The number of aromatic nitrogens is 2.